The third-order valence-electron chi connectivity index (χ3n) is 17.3. The number of hydrogen-bond donors (Lipinski definition) is 0. The number of anilines is 4. The van der Waals surface area contributed by atoms with Gasteiger partial charge in [-0.2, -0.15) is 0 Å². The molecule has 1 aliphatic heterocycles. The molecule has 0 saturated heterocycles. The standard InChI is InChI=1S/C80H82N4O/c1-76(2,3)56-40-38-53(39-41-56)52-34-36-54(37-35-52)65-45-58(78(7,8)9)46-66(62-28-16-18-30-68(62)79(10,11)12)75(65)83-51-82(71-32-20-21-33-72(71)83)59-26-23-27-60(47-59)85-61-42-43-64-63-29-17-19-31-70(63)84(73(64)48-61)74-49-69(80(13,14)15)67(50-81-74)55-24-22-25-57(44-55)77(4,5)6/h16-50H,51H2,1-15H3. The van der Waals surface area contributed by atoms with Crippen LogP contribution in [0.3, 0.4) is 0 Å². The fraction of sp³-hybridized carbons (Fsp3) is 0.263. The van der Waals surface area contributed by atoms with Crippen molar-refractivity contribution in [3.05, 3.63) is 240 Å². The lowest BCUT2D eigenvalue weighted by Gasteiger charge is -2.32. The molecule has 5 heteroatoms. The summed E-state index contributed by atoms with van der Waals surface area (Å²) in [4.78, 5) is 10.3. The lowest BCUT2D eigenvalue weighted by Crippen LogP contribution is -2.25. The average Bonchev–Trinajstić information content (AvgIpc) is 2.40. The number of benzene rings is 9. The molecule has 0 fully saturated rings. The molecule has 0 atom stereocenters. The molecular formula is C80H82N4O. The zero-order chi connectivity index (χ0) is 60.0. The minimum absolute atomic E-state index is 0.0278. The maximum absolute atomic E-state index is 7.00. The van der Waals surface area contributed by atoms with Crippen LogP contribution in [-0.2, 0) is 27.1 Å². The molecule has 0 bridgehead atoms. The Kier molecular flexibility index (Phi) is 14.1. The number of hydrogen-bond acceptors (Lipinski definition) is 4. The van der Waals surface area contributed by atoms with E-state index in [0.29, 0.717) is 6.67 Å². The lowest BCUT2D eigenvalue weighted by atomic mass is 9.78. The van der Waals surface area contributed by atoms with Gasteiger partial charge in [-0.1, -0.05) is 237 Å². The molecule has 12 rings (SSSR count). The van der Waals surface area contributed by atoms with E-state index in [9.17, 15) is 0 Å². The van der Waals surface area contributed by atoms with Gasteiger partial charge in [0.25, 0.3) is 0 Å². The SMILES string of the molecule is CC(C)(C)c1ccc(-c2ccc(-c3cc(C(C)(C)C)cc(-c4ccccc4C(C)(C)C)c3N3CN(c4cccc(Oc5ccc6c7ccccc7n(-c7cc(C(C)(C)C)c(-c8cccc(C(C)(C)C)c8)cn7)c6c5)c4)c4ccccc43)cc2)cc1. The van der Waals surface area contributed by atoms with Gasteiger partial charge in [0.2, 0.25) is 0 Å². The number of pyridine rings is 1. The minimum atomic E-state index is -0.151. The molecular weight excluding hydrogens is 1030 g/mol. The van der Waals surface area contributed by atoms with E-state index in [1.165, 1.54) is 77.8 Å². The first-order valence-corrected chi connectivity index (χ1v) is 30.4. The summed E-state index contributed by atoms with van der Waals surface area (Å²) in [5.41, 5.74) is 22.5. The Balaban J connectivity index is 0.942. The van der Waals surface area contributed by atoms with Crippen molar-refractivity contribution >= 4 is 44.6 Å². The van der Waals surface area contributed by atoms with Gasteiger partial charge in [0.1, 0.15) is 24.0 Å². The number of nitrogens with zero attached hydrogens (tertiary/aromatic N) is 4. The fourth-order valence-corrected chi connectivity index (χ4v) is 12.5. The Bertz CT molecular complexity index is 4310. The summed E-state index contributed by atoms with van der Waals surface area (Å²) in [6, 6.07) is 76.2. The molecule has 5 nitrogen and oxygen atoms in total. The Labute approximate surface area is 505 Å². The predicted octanol–water partition coefficient (Wildman–Crippen LogP) is 22.4. The first-order valence-electron chi connectivity index (χ1n) is 30.4. The van der Waals surface area contributed by atoms with E-state index >= 15 is 0 Å². The highest BCUT2D eigenvalue weighted by molar-refractivity contribution is 6.09. The second-order valence-corrected chi connectivity index (χ2v) is 28.7. The largest absolute Gasteiger partial charge is 0.457 e. The first kappa shape index (κ1) is 56.8. The van der Waals surface area contributed by atoms with Crippen molar-refractivity contribution < 1.29 is 4.74 Å². The van der Waals surface area contributed by atoms with Crippen LogP contribution in [0.5, 0.6) is 11.5 Å². The number of para-hydroxylation sites is 3. The van der Waals surface area contributed by atoms with E-state index in [1.807, 2.05) is 0 Å². The Morgan fingerprint density at radius 3 is 1.61 bits per heavy atom. The Hall–Kier alpha value is -8.67. The quantitative estimate of drug-likeness (QED) is 0.144. The molecule has 0 aliphatic carbocycles. The second kappa shape index (κ2) is 21.1. The molecule has 0 saturated carbocycles. The van der Waals surface area contributed by atoms with Crippen LogP contribution < -0.4 is 14.5 Å². The van der Waals surface area contributed by atoms with Crippen molar-refractivity contribution in [2.75, 3.05) is 16.5 Å². The highest BCUT2D eigenvalue weighted by Gasteiger charge is 2.34. The van der Waals surface area contributed by atoms with Gasteiger partial charge in [-0.15, -0.1) is 0 Å². The van der Waals surface area contributed by atoms with Crippen molar-refractivity contribution in [3.63, 3.8) is 0 Å². The Morgan fingerprint density at radius 2 is 0.929 bits per heavy atom. The average molecular weight is 1120 g/mol. The second-order valence-electron chi connectivity index (χ2n) is 28.7. The fourth-order valence-electron chi connectivity index (χ4n) is 12.5. The van der Waals surface area contributed by atoms with E-state index in [4.69, 9.17) is 9.72 Å². The molecule has 3 heterocycles. The van der Waals surface area contributed by atoms with Crippen LogP contribution in [0.4, 0.5) is 22.7 Å². The molecule has 11 aromatic rings. The van der Waals surface area contributed by atoms with Gasteiger partial charge in [-0.25, -0.2) is 4.98 Å². The highest BCUT2D eigenvalue weighted by Crippen LogP contribution is 2.53. The van der Waals surface area contributed by atoms with Gasteiger partial charge in [0.15, 0.2) is 0 Å². The first-order chi connectivity index (χ1) is 40.3. The molecule has 428 valence electrons. The van der Waals surface area contributed by atoms with Gasteiger partial charge in [-0.05, 0) is 143 Å². The topological polar surface area (TPSA) is 33.5 Å². The molecule has 0 N–H and O–H groups in total. The molecule has 0 radical (unpaired) electrons. The summed E-state index contributed by atoms with van der Waals surface area (Å²) < 4.78 is 9.31. The van der Waals surface area contributed by atoms with Gasteiger partial charge >= 0.3 is 0 Å². The third kappa shape index (κ3) is 11.0. The van der Waals surface area contributed by atoms with E-state index in [0.717, 1.165) is 56.4 Å². The monoisotopic (exact) mass is 1110 g/mol. The van der Waals surface area contributed by atoms with Crippen molar-refractivity contribution in [3.8, 4) is 61.8 Å². The van der Waals surface area contributed by atoms with E-state index < -0.39 is 0 Å². The summed E-state index contributed by atoms with van der Waals surface area (Å²) >= 11 is 0. The summed E-state index contributed by atoms with van der Waals surface area (Å²) in [6.07, 6.45) is 2.08. The van der Waals surface area contributed by atoms with E-state index in [-0.39, 0.29) is 27.1 Å². The lowest BCUT2D eigenvalue weighted by molar-refractivity contribution is 0.483. The summed E-state index contributed by atoms with van der Waals surface area (Å²) in [5, 5.41) is 2.32. The van der Waals surface area contributed by atoms with Crippen LogP contribution in [-0.4, -0.2) is 16.2 Å². The number of ether oxygens (including phenoxy) is 1. The molecule has 85 heavy (non-hydrogen) atoms. The van der Waals surface area contributed by atoms with Crippen molar-refractivity contribution in [1.82, 2.24) is 9.55 Å². The van der Waals surface area contributed by atoms with Gasteiger partial charge in [0.05, 0.1) is 28.1 Å². The van der Waals surface area contributed by atoms with Crippen LogP contribution in [0.1, 0.15) is 132 Å². The minimum Gasteiger partial charge on any atom is -0.457 e. The maximum Gasteiger partial charge on any atom is 0.137 e. The van der Waals surface area contributed by atoms with Crippen LogP contribution >= 0.6 is 0 Å². The predicted molar refractivity (Wildman–Crippen MR) is 362 cm³/mol. The summed E-state index contributed by atoms with van der Waals surface area (Å²) in [6.45, 7) is 35.1. The highest BCUT2D eigenvalue weighted by atomic mass is 16.5. The molecule has 0 unspecified atom stereocenters. The van der Waals surface area contributed by atoms with Crippen LogP contribution in [0.25, 0.3) is 72.1 Å². The third-order valence-corrected chi connectivity index (χ3v) is 17.3. The molecule has 1 aliphatic rings. The summed E-state index contributed by atoms with van der Waals surface area (Å²) in [5.74, 6) is 2.39. The molecule has 2 aromatic heterocycles. The number of fused-ring (bicyclic) bond motifs is 4. The summed E-state index contributed by atoms with van der Waals surface area (Å²) in [7, 11) is 0. The molecule has 0 amide bonds. The van der Waals surface area contributed by atoms with Crippen molar-refractivity contribution in [1.29, 1.82) is 0 Å². The van der Waals surface area contributed by atoms with E-state index in [1.54, 1.807) is 0 Å². The van der Waals surface area contributed by atoms with Crippen molar-refractivity contribution in [2.24, 2.45) is 0 Å². The smallest absolute Gasteiger partial charge is 0.137 e. The van der Waals surface area contributed by atoms with Gasteiger partial charge in [0, 0.05) is 51.5 Å². The zero-order valence-electron chi connectivity index (χ0n) is 52.6. The molecule has 9 aromatic carbocycles. The molecule has 0 spiro atoms. The zero-order valence-corrected chi connectivity index (χ0v) is 52.6. The van der Waals surface area contributed by atoms with Crippen LogP contribution in [0.15, 0.2) is 212 Å². The normalized spacial score (nSPS) is 13.3. The number of aromatic nitrogens is 2. The van der Waals surface area contributed by atoms with E-state index in [2.05, 4.69) is 331 Å². The maximum atomic E-state index is 7.00. The van der Waals surface area contributed by atoms with Crippen LogP contribution in [0.2, 0.25) is 0 Å². The van der Waals surface area contributed by atoms with Gasteiger partial charge < -0.3 is 14.5 Å². The Morgan fingerprint density at radius 1 is 0.353 bits per heavy atom. The number of rotatable bonds is 9. The van der Waals surface area contributed by atoms with Gasteiger partial charge in [-0.3, -0.25) is 4.57 Å². The van der Waals surface area contributed by atoms with Crippen LogP contribution in [0, 0.1) is 0 Å². The van der Waals surface area contributed by atoms with Crippen molar-refractivity contribution in [2.45, 2.75) is 131 Å².